The first kappa shape index (κ1) is 27.1. The van der Waals surface area contributed by atoms with E-state index in [1.807, 2.05) is 18.2 Å². The van der Waals surface area contributed by atoms with Crippen molar-refractivity contribution >= 4 is 40.7 Å². The number of esters is 1. The van der Waals surface area contributed by atoms with Crippen LogP contribution in [0.3, 0.4) is 0 Å². The average Bonchev–Trinajstić information content (AvgIpc) is 3.42. The Bertz CT molecular complexity index is 1740. The molecule has 0 fully saturated rings. The van der Waals surface area contributed by atoms with Crippen molar-refractivity contribution in [3.8, 4) is 11.5 Å². The summed E-state index contributed by atoms with van der Waals surface area (Å²) in [5.41, 5.74) is 2.05. The second kappa shape index (κ2) is 10.9. The number of carbonyl (C=O) groups excluding carboxylic acids is 2. The van der Waals surface area contributed by atoms with Crippen LogP contribution in [0, 0.1) is 5.92 Å². The molecule has 2 aliphatic rings. The number of carbonyl (C=O) groups is 2. The van der Waals surface area contributed by atoms with Crippen LogP contribution in [0.4, 0.5) is 5.69 Å². The van der Waals surface area contributed by atoms with E-state index in [0.717, 1.165) is 11.3 Å². The molecule has 206 valence electrons. The van der Waals surface area contributed by atoms with E-state index in [-0.39, 0.29) is 23.6 Å². The number of thiazole rings is 1. The number of fused-ring (bicyclic) bond motifs is 1. The lowest BCUT2D eigenvalue weighted by Gasteiger charge is -2.26. The van der Waals surface area contributed by atoms with Crippen molar-refractivity contribution in [3.05, 3.63) is 85.1 Å². The lowest BCUT2D eigenvalue weighted by atomic mass is 9.95. The number of allylic oxidation sites excluding steroid dienone is 1. The molecule has 0 radical (unpaired) electrons. The van der Waals surface area contributed by atoms with Crippen LogP contribution in [0.25, 0.3) is 6.08 Å². The highest BCUT2D eigenvalue weighted by atomic mass is 32.1. The first-order valence-corrected chi connectivity index (χ1v) is 13.5. The Balaban J connectivity index is 1.67. The zero-order chi connectivity index (χ0) is 28.6. The van der Waals surface area contributed by atoms with E-state index in [0.29, 0.717) is 43.5 Å². The number of aromatic nitrogens is 1. The van der Waals surface area contributed by atoms with E-state index in [4.69, 9.17) is 14.2 Å². The first-order chi connectivity index (χ1) is 19.3. The molecular formula is C29H28N4O6S. The van der Waals surface area contributed by atoms with Gasteiger partial charge in [0.25, 0.3) is 11.5 Å². The number of nitrogens with zero attached hydrogens (tertiary/aromatic N) is 4. The van der Waals surface area contributed by atoms with Crippen molar-refractivity contribution in [3.63, 3.8) is 0 Å². The van der Waals surface area contributed by atoms with E-state index in [9.17, 15) is 14.4 Å². The molecular weight excluding hydrogens is 532 g/mol. The Morgan fingerprint density at radius 3 is 2.50 bits per heavy atom. The third-order valence-electron chi connectivity index (χ3n) is 6.75. The van der Waals surface area contributed by atoms with Crippen LogP contribution < -0.4 is 29.4 Å². The van der Waals surface area contributed by atoms with E-state index in [1.165, 1.54) is 16.7 Å². The zero-order valence-electron chi connectivity index (χ0n) is 22.7. The molecule has 0 unspecified atom stereocenters. The summed E-state index contributed by atoms with van der Waals surface area (Å²) in [6.45, 7) is 5.34. The van der Waals surface area contributed by atoms with Crippen LogP contribution in [-0.2, 0) is 14.3 Å². The number of para-hydroxylation sites is 1. The normalized spacial score (nSPS) is 18.8. The highest BCUT2D eigenvalue weighted by Gasteiger charge is 2.37. The maximum atomic E-state index is 14.0. The van der Waals surface area contributed by atoms with Gasteiger partial charge in [-0.05, 0) is 51.1 Å². The largest absolute Gasteiger partial charge is 0.497 e. The molecule has 2 atom stereocenters. The monoisotopic (exact) mass is 560 g/mol. The topological polar surface area (TPSA) is 112 Å². The molecule has 1 aromatic heterocycles. The highest BCUT2D eigenvalue weighted by Crippen LogP contribution is 2.37. The van der Waals surface area contributed by atoms with Crippen LogP contribution in [0.15, 0.2) is 74.7 Å². The summed E-state index contributed by atoms with van der Waals surface area (Å²) in [4.78, 5) is 45.5. The molecule has 0 aliphatic carbocycles. The summed E-state index contributed by atoms with van der Waals surface area (Å²) < 4.78 is 18.1. The third kappa shape index (κ3) is 4.62. The van der Waals surface area contributed by atoms with Gasteiger partial charge in [0.15, 0.2) is 4.80 Å². The Labute approximate surface area is 234 Å². The van der Waals surface area contributed by atoms with Gasteiger partial charge in [-0.1, -0.05) is 29.5 Å². The number of ether oxygens (including phenoxy) is 3. The number of benzene rings is 2. The number of anilines is 1. The predicted molar refractivity (Wildman–Crippen MR) is 151 cm³/mol. The summed E-state index contributed by atoms with van der Waals surface area (Å²) in [6, 6.07) is 13.4. The standard InChI is InChI=1S/C29H28N4O6S/c1-6-39-28(36)24-17(3)30-29-32(25(24)20-13-12-19(37-4)14-22(20)38-5)27(35)23(40-29)15-21-16(2)31-33(26(21)34)18-10-8-7-9-11-18/h7-15,21,25H,6H2,1-5H3/b23-15+/t21-,25-/m1/s1. The molecule has 1 amide bonds. The molecule has 40 heavy (non-hydrogen) atoms. The summed E-state index contributed by atoms with van der Waals surface area (Å²) in [7, 11) is 3.05. The highest BCUT2D eigenvalue weighted by molar-refractivity contribution is 7.07. The number of hydrogen-bond donors (Lipinski definition) is 0. The van der Waals surface area contributed by atoms with E-state index >= 15 is 0 Å². The van der Waals surface area contributed by atoms with Gasteiger partial charge >= 0.3 is 5.97 Å². The summed E-state index contributed by atoms with van der Waals surface area (Å²) in [5, 5.41) is 5.79. The maximum absolute atomic E-state index is 14.0. The minimum Gasteiger partial charge on any atom is -0.497 e. The van der Waals surface area contributed by atoms with E-state index in [1.54, 1.807) is 64.3 Å². The minimum atomic E-state index is -0.867. The Hall–Kier alpha value is -4.51. The van der Waals surface area contributed by atoms with Gasteiger partial charge in [-0.3, -0.25) is 14.2 Å². The zero-order valence-corrected chi connectivity index (χ0v) is 23.5. The lowest BCUT2D eigenvalue weighted by Crippen LogP contribution is -2.40. The molecule has 0 bridgehead atoms. The van der Waals surface area contributed by atoms with Gasteiger partial charge in [-0.2, -0.15) is 10.1 Å². The second-order valence-electron chi connectivity index (χ2n) is 9.14. The fraction of sp³-hybridized carbons (Fsp3) is 0.276. The van der Waals surface area contributed by atoms with E-state index < -0.39 is 17.9 Å². The first-order valence-electron chi connectivity index (χ1n) is 12.6. The average molecular weight is 561 g/mol. The molecule has 11 heteroatoms. The van der Waals surface area contributed by atoms with Gasteiger partial charge in [0.1, 0.15) is 23.5 Å². The van der Waals surface area contributed by atoms with Crippen molar-refractivity contribution in [1.82, 2.24) is 4.57 Å². The maximum Gasteiger partial charge on any atom is 0.338 e. The van der Waals surface area contributed by atoms with Gasteiger partial charge in [0.2, 0.25) is 0 Å². The summed E-state index contributed by atoms with van der Waals surface area (Å²) in [6.07, 6.45) is 1.62. The van der Waals surface area contributed by atoms with Gasteiger partial charge in [-0.25, -0.2) is 9.79 Å². The van der Waals surface area contributed by atoms with Crippen molar-refractivity contribution in [1.29, 1.82) is 0 Å². The van der Waals surface area contributed by atoms with Crippen LogP contribution in [0.5, 0.6) is 11.5 Å². The van der Waals surface area contributed by atoms with Gasteiger partial charge in [0.05, 0.1) is 48.0 Å². The third-order valence-corrected chi connectivity index (χ3v) is 7.75. The van der Waals surface area contributed by atoms with Crippen molar-refractivity contribution in [2.45, 2.75) is 26.8 Å². The van der Waals surface area contributed by atoms with Crippen LogP contribution in [0.1, 0.15) is 32.4 Å². The molecule has 0 spiro atoms. The molecule has 5 rings (SSSR count). The van der Waals surface area contributed by atoms with E-state index in [2.05, 4.69) is 10.1 Å². The Morgan fingerprint density at radius 2 is 1.82 bits per heavy atom. The van der Waals surface area contributed by atoms with Crippen LogP contribution >= 0.6 is 11.3 Å². The molecule has 2 aliphatic heterocycles. The molecule has 2 aromatic carbocycles. The molecule has 0 saturated carbocycles. The molecule has 0 saturated heterocycles. The van der Waals surface area contributed by atoms with Crippen LogP contribution in [0.2, 0.25) is 0 Å². The minimum absolute atomic E-state index is 0.160. The van der Waals surface area contributed by atoms with Gasteiger partial charge in [0, 0.05) is 11.6 Å². The fourth-order valence-electron chi connectivity index (χ4n) is 4.82. The van der Waals surface area contributed by atoms with Gasteiger partial charge < -0.3 is 14.2 Å². The number of rotatable bonds is 7. The smallest absolute Gasteiger partial charge is 0.338 e. The Kier molecular flexibility index (Phi) is 7.40. The molecule has 3 aromatic rings. The number of methoxy groups -OCH3 is 2. The summed E-state index contributed by atoms with van der Waals surface area (Å²) in [5.74, 6) is -0.562. The number of hydrazone groups is 1. The molecule has 0 N–H and O–H groups in total. The van der Waals surface area contributed by atoms with Crippen molar-refractivity contribution < 1.29 is 23.8 Å². The number of hydrogen-bond acceptors (Lipinski definition) is 9. The Morgan fingerprint density at radius 1 is 1.07 bits per heavy atom. The van der Waals surface area contributed by atoms with Crippen molar-refractivity contribution in [2.75, 3.05) is 25.8 Å². The summed E-state index contributed by atoms with van der Waals surface area (Å²) >= 11 is 1.15. The fourth-order valence-corrected chi connectivity index (χ4v) is 5.88. The van der Waals surface area contributed by atoms with Crippen LogP contribution in [-0.4, -0.2) is 43.0 Å². The van der Waals surface area contributed by atoms with Gasteiger partial charge in [-0.15, -0.1) is 0 Å². The molecule has 3 heterocycles. The number of amides is 1. The second-order valence-corrected chi connectivity index (χ2v) is 10.1. The van der Waals surface area contributed by atoms with Crippen molar-refractivity contribution in [2.24, 2.45) is 16.0 Å². The SMILES string of the molecule is CCOC(=O)C1=C(C)N=c2s/c(=C/[C@H]3C(=O)N(c4ccccc4)N=C3C)c(=O)n2[C@@H]1c1ccc(OC)cc1OC. The molecule has 10 nitrogen and oxygen atoms in total. The lowest BCUT2D eigenvalue weighted by molar-refractivity contribution is -0.139. The predicted octanol–water partition coefficient (Wildman–Crippen LogP) is 2.81. The quantitative estimate of drug-likeness (QED) is 0.411.